The molecular weight excluding hydrogens is 410 g/mol. The molecule has 1 aliphatic heterocycles. The van der Waals surface area contributed by atoms with Crippen LogP contribution in [0, 0.1) is 0 Å². The minimum atomic E-state index is -3.57. The fourth-order valence-corrected chi connectivity index (χ4v) is 5.25. The van der Waals surface area contributed by atoms with Gasteiger partial charge in [0.05, 0.1) is 10.4 Å². The van der Waals surface area contributed by atoms with Crippen LogP contribution in [-0.4, -0.2) is 54.7 Å². The third-order valence-electron chi connectivity index (χ3n) is 6.04. The summed E-state index contributed by atoms with van der Waals surface area (Å²) < 4.78 is 27.5. The van der Waals surface area contributed by atoms with Crippen LogP contribution in [0.5, 0.6) is 0 Å². The molecule has 6 nitrogen and oxygen atoms in total. The van der Waals surface area contributed by atoms with Crippen molar-refractivity contribution in [2.45, 2.75) is 31.1 Å². The molecule has 1 aliphatic rings. The first-order valence-electron chi connectivity index (χ1n) is 10.7. The maximum Gasteiger partial charge on any atom is 0.272 e. The van der Waals surface area contributed by atoms with Gasteiger partial charge in [-0.3, -0.25) is 4.79 Å². The van der Waals surface area contributed by atoms with Gasteiger partial charge in [-0.2, -0.15) is 4.31 Å². The van der Waals surface area contributed by atoms with E-state index in [1.807, 2.05) is 42.5 Å². The number of rotatable bonds is 5. The molecule has 1 unspecified atom stereocenters. The fraction of sp³-hybridized carbons (Fsp3) is 0.333. The van der Waals surface area contributed by atoms with Crippen LogP contribution >= 0.6 is 0 Å². The van der Waals surface area contributed by atoms with Crippen LogP contribution in [0.2, 0.25) is 0 Å². The van der Waals surface area contributed by atoms with E-state index in [-0.39, 0.29) is 19.0 Å². The Morgan fingerprint density at radius 3 is 2.32 bits per heavy atom. The second-order valence-corrected chi connectivity index (χ2v) is 9.90. The summed E-state index contributed by atoms with van der Waals surface area (Å²) in [5.41, 5.74) is 2.30. The first-order chi connectivity index (χ1) is 14.9. The highest BCUT2D eigenvalue weighted by atomic mass is 32.2. The maximum absolute atomic E-state index is 13.0. The summed E-state index contributed by atoms with van der Waals surface area (Å²) in [7, 11) is -3.57. The molecule has 2 aromatic carbocycles. The van der Waals surface area contributed by atoms with E-state index in [1.54, 1.807) is 23.1 Å². The quantitative estimate of drug-likeness (QED) is 0.607. The molecule has 1 aromatic heterocycles. The Kier molecular flexibility index (Phi) is 6.07. The van der Waals surface area contributed by atoms with E-state index in [1.165, 1.54) is 4.31 Å². The monoisotopic (exact) mass is 437 g/mol. The van der Waals surface area contributed by atoms with Crippen LogP contribution in [0.15, 0.2) is 65.6 Å². The number of hydrogen-bond donors (Lipinski definition) is 0. The minimum Gasteiger partial charge on any atom is -0.335 e. The molecule has 0 N–H and O–H groups in total. The van der Waals surface area contributed by atoms with Gasteiger partial charge in [-0.15, -0.1) is 0 Å². The third kappa shape index (κ3) is 4.34. The van der Waals surface area contributed by atoms with Gasteiger partial charge in [0, 0.05) is 31.6 Å². The predicted octanol–water partition coefficient (Wildman–Crippen LogP) is 3.90. The number of pyridine rings is 1. The normalized spacial score (nSPS) is 16.4. The number of carbonyl (C=O) groups excluding carboxylic acids is 1. The summed E-state index contributed by atoms with van der Waals surface area (Å²) in [5.74, 6) is 0.232. The number of para-hydroxylation sites is 1. The Labute approximate surface area is 183 Å². The van der Waals surface area contributed by atoms with E-state index in [9.17, 15) is 13.2 Å². The van der Waals surface area contributed by atoms with E-state index < -0.39 is 10.0 Å². The second kappa shape index (κ2) is 8.77. The summed E-state index contributed by atoms with van der Waals surface area (Å²) in [5, 5.41) is 0.981. The summed E-state index contributed by atoms with van der Waals surface area (Å²) >= 11 is 0. The van der Waals surface area contributed by atoms with E-state index in [0.717, 1.165) is 22.9 Å². The lowest BCUT2D eigenvalue weighted by Crippen LogP contribution is -2.50. The van der Waals surface area contributed by atoms with Gasteiger partial charge in [-0.05, 0) is 42.2 Å². The lowest BCUT2D eigenvalue weighted by atomic mass is 9.99. The summed E-state index contributed by atoms with van der Waals surface area (Å²) in [6.07, 6.45) is 1.01. The standard InChI is InChI=1S/C24H27N3O3S/c1-3-18(2)19-8-11-21(12-9-19)31(29,30)27-16-14-26(15-17-27)24(28)23-13-10-20-6-4-5-7-22(20)25-23/h4-13,18H,3,14-17H2,1-2H3. The van der Waals surface area contributed by atoms with Crippen molar-refractivity contribution in [1.82, 2.24) is 14.2 Å². The second-order valence-electron chi connectivity index (χ2n) is 7.96. The number of aromatic nitrogens is 1. The van der Waals surface area contributed by atoms with Crippen LogP contribution in [0.25, 0.3) is 10.9 Å². The number of amides is 1. The Morgan fingerprint density at radius 2 is 1.65 bits per heavy atom. The molecule has 4 rings (SSSR count). The maximum atomic E-state index is 13.0. The molecule has 31 heavy (non-hydrogen) atoms. The number of carbonyl (C=O) groups is 1. The molecule has 0 bridgehead atoms. The number of benzene rings is 2. The Bertz CT molecular complexity index is 1180. The van der Waals surface area contributed by atoms with Gasteiger partial charge in [0.15, 0.2) is 0 Å². The SMILES string of the molecule is CCC(C)c1ccc(S(=O)(=O)N2CCN(C(=O)c3ccc4ccccc4n3)CC2)cc1. The lowest BCUT2D eigenvalue weighted by Gasteiger charge is -2.33. The molecule has 1 fully saturated rings. The zero-order valence-electron chi connectivity index (χ0n) is 17.9. The molecule has 2 heterocycles. The molecule has 0 spiro atoms. The molecule has 3 aromatic rings. The van der Waals surface area contributed by atoms with Crippen molar-refractivity contribution in [3.05, 3.63) is 71.9 Å². The molecule has 1 atom stereocenters. The smallest absolute Gasteiger partial charge is 0.272 e. The van der Waals surface area contributed by atoms with Gasteiger partial charge in [-0.25, -0.2) is 13.4 Å². The van der Waals surface area contributed by atoms with Crippen LogP contribution in [0.3, 0.4) is 0 Å². The third-order valence-corrected chi connectivity index (χ3v) is 7.96. The first kappa shape index (κ1) is 21.5. The zero-order chi connectivity index (χ0) is 22.0. The summed E-state index contributed by atoms with van der Waals surface area (Å²) in [6, 6.07) is 18.4. The van der Waals surface area contributed by atoms with Gasteiger partial charge in [0.2, 0.25) is 10.0 Å². The van der Waals surface area contributed by atoms with Crippen LogP contribution in [-0.2, 0) is 10.0 Å². The van der Waals surface area contributed by atoms with Gasteiger partial charge in [0.25, 0.3) is 5.91 Å². The van der Waals surface area contributed by atoms with E-state index in [2.05, 4.69) is 18.8 Å². The van der Waals surface area contributed by atoms with Crippen molar-refractivity contribution >= 4 is 26.8 Å². The van der Waals surface area contributed by atoms with Gasteiger partial charge in [0.1, 0.15) is 5.69 Å². The van der Waals surface area contributed by atoms with E-state index >= 15 is 0 Å². The average Bonchev–Trinajstić information content (AvgIpc) is 2.83. The molecule has 0 saturated carbocycles. The Hall–Kier alpha value is -2.77. The number of fused-ring (bicyclic) bond motifs is 1. The van der Waals surface area contributed by atoms with Crippen LogP contribution < -0.4 is 0 Å². The molecular formula is C24H27N3O3S. The number of nitrogens with zero attached hydrogens (tertiary/aromatic N) is 3. The number of piperazine rings is 1. The van der Waals surface area contributed by atoms with E-state index in [4.69, 9.17) is 0 Å². The molecule has 1 saturated heterocycles. The fourth-order valence-electron chi connectivity index (χ4n) is 3.83. The number of hydrogen-bond acceptors (Lipinski definition) is 4. The van der Waals surface area contributed by atoms with Crippen molar-refractivity contribution in [3.8, 4) is 0 Å². The predicted molar refractivity (Wildman–Crippen MR) is 122 cm³/mol. The largest absolute Gasteiger partial charge is 0.335 e. The molecule has 1 amide bonds. The summed E-state index contributed by atoms with van der Waals surface area (Å²) in [4.78, 5) is 19.3. The zero-order valence-corrected chi connectivity index (χ0v) is 18.7. The average molecular weight is 438 g/mol. The van der Waals surface area contributed by atoms with Crippen molar-refractivity contribution in [3.63, 3.8) is 0 Å². The van der Waals surface area contributed by atoms with Crippen LogP contribution in [0.1, 0.15) is 42.2 Å². The van der Waals surface area contributed by atoms with Crippen LogP contribution in [0.4, 0.5) is 0 Å². The summed E-state index contributed by atoms with van der Waals surface area (Å²) in [6.45, 7) is 5.48. The Balaban J connectivity index is 1.44. The molecule has 0 radical (unpaired) electrons. The Morgan fingerprint density at radius 1 is 0.968 bits per heavy atom. The highest BCUT2D eigenvalue weighted by molar-refractivity contribution is 7.89. The minimum absolute atomic E-state index is 0.166. The van der Waals surface area contributed by atoms with Gasteiger partial charge < -0.3 is 4.90 Å². The molecule has 0 aliphatic carbocycles. The molecule has 7 heteroatoms. The van der Waals surface area contributed by atoms with Crippen molar-refractivity contribution in [2.75, 3.05) is 26.2 Å². The van der Waals surface area contributed by atoms with Gasteiger partial charge in [-0.1, -0.05) is 50.2 Å². The highest BCUT2D eigenvalue weighted by Gasteiger charge is 2.30. The lowest BCUT2D eigenvalue weighted by molar-refractivity contribution is 0.0692. The first-order valence-corrected chi connectivity index (χ1v) is 12.1. The van der Waals surface area contributed by atoms with Crippen molar-refractivity contribution in [1.29, 1.82) is 0 Å². The topological polar surface area (TPSA) is 70.6 Å². The van der Waals surface area contributed by atoms with E-state index in [0.29, 0.717) is 29.6 Å². The van der Waals surface area contributed by atoms with Crippen molar-refractivity contribution in [2.24, 2.45) is 0 Å². The molecule has 162 valence electrons. The van der Waals surface area contributed by atoms with Gasteiger partial charge >= 0.3 is 0 Å². The highest BCUT2D eigenvalue weighted by Crippen LogP contribution is 2.23. The number of sulfonamides is 1. The van der Waals surface area contributed by atoms with Crippen molar-refractivity contribution < 1.29 is 13.2 Å².